The lowest BCUT2D eigenvalue weighted by atomic mass is 10.2. The van der Waals surface area contributed by atoms with Crippen LogP contribution in [0, 0.1) is 0 Å². The quantitative estimate of drug-likeness (QED) is 0.709. The van der Waals surface area contributed by atoms with Gasteiger partial charge in [-0.15, -0.1) is 0 Å². The number of benzene rings is 2. The molecule has 142 valence electrons. The van der Waals surface area contributed by atoms with Gasteiger partial charge in [0.05, 0.1) is 24.6 Å². The molecule has 0 unspecified atom stereocenters. The number of pyridine rings is 1. The predicted molar refractivity (Wildman–Crippen MR) is 111 cm³/mol. The van der Waals surface area contributed by atoms with Crippen LogP contribution in [-0.2, 0) is 4.74 Å². The number of carbonyl (C=O) groups excluding carboxylic acids is 1. The van der Waals surface area contributed by atoms with Crippen LogP contribution in [0.1, 0.15) is 10.4 Å². The third kappa shape index (κ3) is 4.29. The summed E-state index contributed by atoms with van der Waals surface area (Å²) in [5.41, 5.74) is 3.27. The second-order valence-electron chi connectivity index (χ2n) is 6.49. The monoisotopic (exact) mass is 374 g/mol. The first kappa shape index (κ1) is 18.0. The number of hydrogen-bond acceptors (Lipinski definition) is 5. The lowest BCUT2D eigenvalue weighted by molar-refractivity contribution is 0.102. The average molecular weight is 374 g/mol. The average Bonchev–Trinajstić information content (AvgIpc) is 2.76. The van der Waals surface area contributed by atoms with Crippen LogP contribution in [0.3, 0.4) is 0 Å². The number of carbonyl (C=O) groups is 1. The molecule has 0 bridgehead atoms. The van der Waals surface area contributed by atoms with E-state index in [0.717, 1.165) is 30.2 Å². The van der Waals surface area contributed by atoms with Gasteiger partial charge in [0.2, 0.25) is 0 Å². The van der Waals surface area contributed by atoms with Crippen molar-refractivity contribution in [1.82, 2.24) is 4.98 Å². The molecule has 2 N–H and O–H groups in total. The summed E-state index contributed by atoms with van der Waals surface area (Å²) < 4.78 is 5.43. The number of morpholine rings is 1. The number of nitrogens with one attached hydrogen (secondary N) is 2. The first-order valence-electron chi connectivity index (χ1n) is 9.31. The van der Waals surface area contributed by atoms with Gasteiger partial charge in [-0.25, -0.2) is 4.98 Å². The van der Waals surface area contributed by atoms with Gasteiger partial charge in [-0.05, 0) is 36.4 Å². The molecule has 0 spiro atoms. The molecule has 0 atom stereocenters. The topological polar surface area (TPSA) is 66.5 Å². The zero-order chi connectivity index (χ0) is 19.2. The van der Waals surface area contributed by atoms with Gasteiger partial charge in [0.15, 0.2) is 0 Å². The molecule has 0 radical (unpaired) electrons. The smallest absolute Gasteiger partial charge is 0.255 e. The molecule has 3 aromatic rings. The molecule has 0 aliphatic carbocycles. The number of nitrogens with zero attached hydrogens (tertiary/aromatic N) is 2. The Morgan fingerprint density at radius 1 is 0.964 bits per heavy atom. The summed E-state index contributed by atoms with van der Waals surface area (Å²) in [5.74, 6) is 0.458. The summed E-state index contributed by atoms with van der Waals surface area (Å²) in [6.07, 6.45) is 1.63. The number of amides is 1. The van der Waals surface area contributed by atoms with Gasteiger partial charge in [-0.1, -0.05) is 30.3 Å². The second-order valence-corrected chi connectivity index (χ2v) is 6.49. The summed E-state index contributed by atoms with van der Waals surface area (Å²) in [6.45, 7) is 3.02. The second kappa shape index (κ2) is 8.54. The van der Waals surface area contributed by atoms with E-state index in [0.29, 0.717) is 24.6 Å². The standard InChI is InChI=1S/C22H22N4O2/c27-22(17-10-11-23-21(16-17)24-18-6-2-1-3-7-18)25-19-8-4-5-9-20(19)26-12-14-28-15-13-26/h1-11,16H,12-15H2,(H,23,24)(H,25,27). The largest absolute Gasteiger partial charge is 0.378 e. The summed E-state index contributed by atoms with van der Waals surface area (Å²) in [4.78, 5) is 19.4. The van der Waals surface area contributed by atoms with Crippen molar-refractivity contribution in [2.45, 2.75) is 0 Å². The molecule has 28 heavy (non-hydrogen) atoms. The first-order valence-corrected chi connectivity index (χ1v) is 9.31. The molecule has 1 aliphatic rings. The lowest BCUT2D eigenvalue weighted by Gasteiger charge is -2.30. The Balaban J connectivity index is 1.51. The van der Waals surface area contributed by atoms with Gasteiger partial charge >= 0.3 is 0 Å². The highest BCUT2D eigenvalue weighted by Crippen LogP contribution is 2.27. The Morgan fingerprint density at radius 2 is 1.71 bits per heavy atom. The Morgan fingerprint density at radius 3 is 2.54 bits per heavy atom. The number of anilines is 4. The highest BCUT2D eigenvalue weighted by Gasteiger charge is 2.16. The van der Waals surface area contributed by atoms with E-state index in [1.807, 2.05) is 54.6 Å². The van der Waals surface area contributed by atoms with Crippen molar-refractivity contribution in [3.63, 3.8) is 0 Å². The van der Waals surface area contributed by atoms with Crippen LogP contribution < -0.4 is 15.5 Å². The van der Waals surface area contributed by atoms with Gasteiger partial charge in [-0.2, -0.15) is 0 Å². The molecule has 1 saturated heterocycles. The van der Waals surface area contributed by atoms with Gasteiger partial charge in [0.25, 0.3) is 5.91 Å². The molecule has 1 aliphatic heterocycles. The SMILES string of the molecule is O=C(Nc1ccccc1N1CCOCC1)c1ccnc(Nc2ccccc2)c1. The minimum absolute atomic E-state index is 0.167. The van der Waals surface area contributed by atoms with E-state index in [2.05, 4.69) is 20.5 Å². The van der Waals surface area contributed by atoms with Gasteiger partial charge < -0.3 is 20.3 Å². The van der Waals surface area contributed by atoms with Crippen LogP contribution in [0.25, 0.3) is 0 Å². The Bertz CT molecular complexity index is 940. The van der Waals surface area contributed by atoms with Gasteiger partial charge in [0, 0.05) is 30.5 Å². The molecule has 2 heterocycles. The van der Waals surface area contributed by atoms with Crippen molar-refractivity contribution in [2.75, 3.05) is 41.8 Å². The van der Waals surface area contributed by atoms with Crippen LogP contribution in [0.4, 0.5) is 22.9 Å². The highest BCUT2D eigenvalue weighted by molar-refractivity contribution is 6.06. The van der Waals surface area contributed by atoms with Crippen LogP contribution in [0.5, 0.6) is 0 Å². The third-order valence-corrected chi connectivity index (χ3v) is 4.57. The zero-order valence-electron chi connectivity index (χ0n) is 15.5. The number of hydrogen-bond donors (Lipinski definition) is 2. The first-order chi connectivity index (χ1) is 13.8. The molecule has 2 aromatic carbocycles. The summed E-state index contributed by atoms with van der Waals surface area (Å²) >= 11 is 0. The van der Waals surface area contributed by atoms with Crippen molar-refractivity contribution in [2.24, 2.45) is 0 Å². The van der Waals surface area contributed by atoms with Gasteiger partial charge in [0.1, 0.15) is 5.82 Å². The van der Waals surface area contributed by atoms with E-state index in [4.69, 9.17) is 4.74 Å². The van der Waals surface area contributed by atoms with E-state index >= 15 is 0 Å². The Labute approximate surface area is 164 Å². The van der Waals surface area contributed by atoms with E-state index in [-0.39, 0.29) is 5.91 Å². The zero-order valence-corrected chi connectivity index (χ0v) is 15.5. The lowest BCUT2D eigenvalue weighted by Crippen LogP contribution is -2.36. The molecular formula is C22H22N4O2. The number of rotatable bonds is 5. The molecule has 0 saturated carbocycles. The number of para-hydroxylation sites is 3. The molecule has 1 amide bonds. The highest BCUT2D eigenvalue weighted by atomic mass is 16.5. The van der Waals surface area contributed by atoms with Crippen LogP contribution in [0.2, 0.25) is 0 Å². The van der Waals surface area contributed by atoms with E-state index < -0.39 is 0 Å². The maximum atomic E-state index is 12.8. The molecule has 1 fully saturated rings. The van der Waals surface area contributed by atoms with Crippen molar-refractivity contribution in [1.29, 1.82) is 0 Å². The maximum absolute atomic E-state index is 12.8. The van der Waals surface area contributed by atoms with E-state index in [9.17, 15) is 4.79 Å². The van der Waals surface area contributed by atoms with Crippen LogP contribution >= 0.6 is 0 Å². The molecule has 4 rings (SSSR count). The van der Waals surface area contributed by atoms with Crippen LogP contribution in [-0.4, -0.2) is 37.2 Å². The summed E-state index contributed by atoms with van der Waals surface area (Å²) in [6, 6.07) is 21.1. The maximum Gasteiger partial charge on any atom is 0.255 e. The molecule has 6 heteroatoms. The summed E-state index contributed by atoms with van der Waals surface area (Å²) in [7, 11) is 0. The van der Waals surface area contributed by atoms with Crippen molar-refractivity contribution in [3.05, 3.63) is 78.5 Å². The number of aromatic nitrogens is 1. The summed E-state index contributed by atoms with van der Waals surface area (Å²) in [5, 5.41) is 6.25. The van der Waals surface area contributed by atoms with E-state index in [1.165, 1.54) is 0 Å². The fraction of sp³-hybridized carbons (Fsp3) is 0.182. The molecular weight excluding hydrogens is 352 g/mol. The normalized spacial score (nSPS) is 13.8. The van der Waals surface area contributed by atoms with Crippen molar-refractivity contribution < 1.29 is 9.53 Å². The fourth-order valence-corrected chi connectivity index (χ4v) is 3.16. The van der Waals surface area contributed by atoms with E-state index in [1.54, 1.807) is 18.3 Å². The fourth-order valence-electron chi connectivity index (χ4n) is 3.16. The Hall–Kier alpha value is -3.38. The molecule has 6 nitrogen and oxygen atoms in total. The number of ether oxygens (including phenoxy) is 1. The third-order valence-electron chi connectivity index (χ3n) is 4.57. The Kier molecular flexibility index (Phi) is 5.49. The molecule has 1 aromatic heterocycles. The van der Waals surface area contributed by atoms with Crippen LogP contribution in [0.15, 0.2) is 72.9 Å². The van der Waals surface area contributed by atoms with Gasteiger partial charge in [-0.3, -0.25) is 4.79 Å². The van der Waals surface area contributed by atoms with Crippen molar-refractivity contribution >= 4 is 28.8 Å². The minimum atomic E-state index is -0.167. The minimum Gasteiger partial charge on any atom is -0.378 e. The van der Waals surface area contributed by atoms with Crippen molar-refractivity contribution in [3.8, 4) is 0 Å². The predicted octanol–water partition coefficient (Wildman–Crippen LogP) is 3.91.